The van der Waals surface area contributed by atoms with Gasteiger partial charge in [0.1, 0.15) is 6.04 Å². The van der Waals surface area contributed by atoms with Crippen LogP contribution in [0.4, 0.5) is 5.82 Å². The maximum absolute atomic E-state index is 12.7. The highest BCUT2D eigenvalue weighted by atomic mass is 16.2. The van der Waals surface area contributed by atoms with E-state index < -0.39 is 6.04 Å². The Hall–Kier alpha value is -2.63. The molecule has 2 amide bonds. The molecule has 6 heteroatoms. The number of hydrogen-bond donors (Lipinski definition) is 1. The molecule has 1 aliphatic rings. The van der Waals surface area contributed by atoms with Gasteiger partial charge in [0, 0.05) is 25.2 Å². The molecule has 1 saturated heterocycles. The second-order valence-corrected chi connectivity index (χ2v) is 6.35. The normalized spacial score (nSPS) is 15.8. The molecule has 2 heterocycles. The maximum Gasteiger partial charge on any atom is 0.248 e. The van der Waals surface area contributed by atoms with E-state index in [1.165, 1.54) is 0 Å². The van der Waals surface area contributed by atoms with Crippen molar-refractivity contribution in [3.63, 3.8) is 0 Å². The van der Waals surface area contributed by atoms with Gasteiger partial charge in [-0.25, -0.2) is 4.68 Å². The van der Waals surface area contributed by atoms with E-state index in [0.717, 1.165) is 12.1 Å². The molecule has 24 heavy (non-hydrogen) atoms. The molecular formula is C18H22N4O2. The molecule has 0 bridgehead atoms. The summed E-state index contributed by atoms with van der Waals surface area (Å²) in [7, 11) is 0. The Morgan fingerprint density at radius 2 is 1.96 bits per heavy atom. The summed E-state index contributed by atoms with van der Waals surface area (Å²) in [6.45, 7) is 4.56. The van der Waals surface area contributed by atoms with Crippen LogP contribution < -0.4 is 5.32 Å². The lowest BCUT2D eigenvalue weighted by atomic mass is 10.0. The smallest absolute Gasteiger partial charge is 0.248 e. The van der Waals surface area contributed by atoms with Gasteiger partial charge in [-0.05, 0) is 24.5 Å². The van der Waals surface area contributed by atoms with Crippen LogP contribution in [0.5, 0.6) is 0 Å². The van der Waals surface area contributed by atoms with Crippen molar-refractivity contribution in [2.24, 2.45) is 5.92 Å². The second kappa shape index (κ2) is 6.86. The second-order valence-electron chi connectivity index (χ2n) is 6.35. The molecule has 1 fully saturated rings. The fourth-order valence-corrected chi connectivity index (χ4v) is 3.08. The predicted octanol–water partition coefficient (Wildman–Crippen LogP) is 2.46. The molecule has 0 spiro atoms. The van der Waals surface area contributed by atoms with Gasteiger partial charge in [0.2, 0.25) is 11.8 Å². The lowest BCUT2D eigenvalue weighted by Gasteiger charge is -2.29. The molecule has 1 aliphatic heterocycles. The Balaban J connectivity index is 1.74. The van der Waals surface area contributed by atoms with E-state index in [9.17, 15) is 9.59 Å². The van der Waals surface area contributed by atoms with Gasteiger partial charge in [0.15, 0.2) is 5.82 Å². The van der Waals surface area contributed by atoms with E-state index in [0.29, 0.717) is 18.8 Å². The Morgan fingerprint density at radius 3 is 2.58 bits per heavy atom. The fourth-order valence-electron chi connectivity index (χ4n) is 3.08. The minimum absolute atomic E-state index is 0.0447. The minimum atomic E-state index is -0.457. The average Bonchev–Trinajstić information content (AvgIpc) is 3.18. The Labute approximate surface area is 141 Å². The first kappa shape index (κ1) is 16.2. The summed E-state index contributed by atoms with van der Waals surface area (Å²) in [5.41, 5.74) is 0.924. The van der Waals surface area contributed by atoms with Crippen LogP contribution in [0.2, 0.25) is 0 Å². The van der Waals surface area contributed by atoms with Crippen LogP contribution >= 0.6 is 0 Å². The summed E-state index contributed by atoms with van der Waals surface area (Å²) in [5, 5.41) is 7.24. The van der Waals surface area contributed by atoms with Crippen molar-refractivity contribution in [3.8, 4) is 5.69 Å². The van der Waals surface area contributed by atoms with Gasteiger partial charge in [0.05, 0.1) is 5.69 Å². The van der Waals surface area contributed by atoms with Crippen LogP contribution in [0.25, 0.3) is 5.69 Å². The molecule has 1 N–H and O–H groups in total. The Bertz CT molecular complexity index is 724. The van der Waals surface area contributed by atoms with Crippen molar-refractivity contribution in [2.75, 3.05) is 11.9 Å². The molecule has 3 rings (SSSR count). The lowest BCUT2D eigenvalue weighted by Crippen LogP contribution is -2.48. The molecule has 2 aromatic rings. The monoisotopic (exact) mass is 326 g/mol. The van der Waals surface area contributed by atoms with Crippen LogP contribution in [0.15, 0.2) is 42.6 Å². The molecule has 0 aliphatic carbocycles. The summed E-state index contributed by atoms with van der Waals surface area (Å²) >= 11 is 0. The van der Waals surface area contributed by atoms with Crippen LogP contribution in [0, 0.1) is 5.92 Å². The van der Waals surface area contributed by atoms with Gasteiger partial charge in [-0.15, -0.1) is 0 Å². The van der Waals surface area contributed by atoms with Crippen molar-refractivity contribution in [3.05, 3.63) is 42.6 Å². The van der Waals surface area contributed by atoms with E-state index in [4.69, 9.17) is 0 Å². The zero-order chi connectivity index (χ0) is 17.1. The van der Waals surface area contributed by atoms with E-state index in [1.807, 2.05) is 44.2 Å². The number of benzene rings is 1. The van der Waals surface area contributed by atoms with Crippen molar-refractivity contribution in [2.45, 2.75) is 32.7 Å². The highest BCUT2D eigenvalue weighted by Gasteiger charge is 2.35. The Kier molecular flexibility index (Phi) is 4.64. The summed E-state index contributed by atoms with van der Waals surface area (Å²) < 4.78 is 1.71. The first-order valence-electron chi connectivity index (χ1n) is 8.27. The summed E-state index contributed by atoms with van der Waals surface area (Å²) in [4.78, 5) is 26.4. The molecule has 0 saturated carbocycles. The van der Waals surface area contributed by atoms with Crippen LogP contribution in [0.1, 0.15) is 26.7 Å². The van der Waals surface area contributed by atoms with Gasteiger partial charge >= 0.3 is 0 Å². The molecule has 6 nitrogen and oxygen atoms in total. The van der Waals surface area contributed by atoms with E-state index in [1.54, 1.807) is 21.8 Å². The average molecular weight is 326 g/mol. The van der Waals surface area contributed by atoms with Crippen LogP contribution in [-0.2, 0) is 9.59 Å². The number of anilines is 1. The molecule has 0 radical (unpaired) electrons. The molecule has 1 aromatic carbocycles. The molecule has 126 valence electrons. The largest absolute Gasteiger partial charge is 0.330 e. The number of hydrogen-bond acceptors (Lipinski definition) is 3. The lowest BCUT2D eigenvalue weighted by molar-refractivity contribution is -0.136. The zero-order valence-corrected chi connectivity index (χ0v) is 14.0. The number of nitrogens with one attached hydrogen (secondary N) is 1. The van der Waals surface area contributed by atoms with Crippen molar-refractivity contribution in [1.29, 1.82) is 0 Å². The molecular weight excluding hydrogens is 304 g/mol. The molecule has 1 atom stereocenters. The standard InChI is InChI=1S/C18H22N4O2/c1-13(2)17(21-11-6-9-16(21)23)18(24)19-15-10-12-22(20-15)14-7-4-3-5-8-14/h3-5,7-8,10,12-13,17H,6,9,11H2,1-2H3,(H,19,20,24). The number of likely N-dealkylation sites (tertiary alicyclic amines) is 1. The number of nitrogens with zero attached hydrogens (tertiary/aromatic N) is 3. The van der Waals surface area contributed by atoms with Crippen molar-refractivity contribution < 1.29 is 9.59 Å². The number of amides is 2. The van der Waals surface area contributed by atoms with E-state index >= 15 is 0 Å². The van der Waals surface area contributed by atoms with Gasteiger partial charge in [-0.1, -0.05) is 32.0 Å². The number of carbonyl (C=O) groups is 2. The number of rotatable bonds is 5. The van der Waals surface area contributed by atoms with Gasteiger partial charge in [-0.3, -0.25) is 9.59 Å². The van der Waals surface area contributed by atoms with Gasteiger partial charge in [-0.2, -0.15) is 5.10 Å². The number of aromatic nitrogens is 2. The van der Waals surface area contributed by atoms with Crippen LogP contribution in [0.3, 0.4) is 0 Å². The SMILES string of the molecule is CC(C)C(C(=O)Nc1ccn(-c2ccccc2)n1)N1CCCC1=O. The van der Waals surface area contributed by atoms with Crippen LogP contribution in [-0.4, -0.2) is 39.1 Å². The first-order chi connectivity index (χ1) is 11.6. The third kappa shape index (κ3) is 3.32. The van der Waals surface area contributed by atoms with Crippen molar-refractivity contribution in [1.82, 2.24) is 14.7 Å². The summed E-state index contributed by atoms with van der Waals surface area (Å²) in [6.07, 6.45) is 3.15. The van der Waals surface area contributed by atoms with Crippen molar-refractivity contribution >= 4 is 17.6 Å². The minimum Gasteiger partial charge on any atom is -0.330 e. The third-order valence-corrected chi connectivity index (χ3v) is 4.21. The first-order valence-corrected chi connectivity index (χ1v) is 8.27. The highest BCUT2D eigenvalue weighted by molar-refractivity contribution is 5.97. The van der Waals surface area contributed by atoms with E-state index in [-0.39, 0.29) is 17.7 Å². The quantitative estimate of drug-likeness (QED) is 0.918. The summed E-state index contributed by atoms with van der Waals surface area (Å²) in [5.74, 6) is 0.404. The van der Waals surface area contributed by atoms with E-state index in [2.05, 4.69) is 10.4 Å². The number of carbonyl (C=O) groups excluding carboxylic acids is 2. The van der Waals surface area contributed by atoms with Gasteiger partial charge in [0.25, 0.3) is 0 Å². The predicted molar refractivity (Wildman–Crippen MR) is 91.8 cm³/mol. The zero-order valence-electron chi connectivity index (χ0n) is 14.0. The third-order valence-electron chi connectivity index (χ3n) is 4.21. The van der Waals surface area contributed by atoms with Gasteiger partial charge < -0.3 is 10.2 Å². The highest BCUT2D eigenvalue weighted by Crippen LogP contribution is 2.20. The topological polar surface area (TPSA) is 67.2 Å². The Morgan fingerprint density at radius 1 is 1.21 bits per heavy atom. The molecule has 1 unspecified atom stereocenters. The number of para-hydroxylation sites is 1. The fraction of sp³-hybridized carbons (Fsp3) is 0.389. The summed E-state index contributed by atoms with van der Waals surface area (Å²) in [6, 6.07) is 11.0. The molecule has 1 aromatic heterocycles. The maximum atomic E-state index is 12.7.